The van der Waals surface area contributed by atoms with E-state index in [0.717, 1.165) is 0 Å². The lowest BCUT2D eigenvalue weighted by atomic mass is 10.1. The average molecular weight is 337 g/mol. The minimum absolute atomic E-state index is 0.229. The first-order valence-electron chi connectivity index (χ1n) is 7.45. The molecule has 7 nitrogen and oxygen atoms in total. The van der Waals surface area contributed by atoms with Crippen molar-refractivity contribution in [1.29, 1.82) is 0 Å². The number of aromatic amines is 1. The van der Waals surface area contributed by atoms with E-state index in [4.69, 9.17) is 4.52 Å². The fraction of sp³-hybridized carbons (Fsp3) is 0.0588. The summed E-state index contributed by atoms with van der Waals surface area (Å²) in [6.07, 6.45) is 2.82. The molecular weight excluding hydrogens is 325 g/mol. The smallest absolute Gasteiger partial charge is 0.259 e. The molecule has 124 valence electrons. The molecule has 25 heavy (non-hydrogen) atoms. The van der Waals surface area contributed by atoms with Gasteiger partial charge in [-0.3, -0.25) is 9.89 Å². The number of carbonyl (C=O) groups excluding carboxylic acids is 1. The number of fused-ring (bicyclic) bond motifs is 1. The largest absolute Gasteiger partial charge is 0.336 e. The van der Waals surface area contributed by atoms with Crippen LogP contribution in [-0.4, -0.2) is 26.2 Å². The third-order valence-corrected chi connectivity index (χ3v) is 3.79. The van der Waals surface area contributed by atoms with Crippen molar-refractivity contribution in [3.05, 3.63) is 59.8 Å². The number of rotatable bonds is 3. The lowest BCUT2D eigenvalue weighted by molar-refractivity contribution is 0.102. The number of aryl methyl sites for hydroxylation is 1. The summed E-state index contributed by atoms with van der Waals surface area (Å²) in [5.41, 5.74) is 2.36. The Hall–Kier alpha value is -3.55. The van der Waals surface area contributed by atoms with Crippen LogP contribution in [-0.2, 0) is 0 Å². The van der Waals surface area contributed by atoms with E-state index < -0.39 is 11.7 Å². The first-order valence-corrected chi connectivity index (χ1v) is 7.45. The third-order valence-electron chi connectivity index (χ3n) is 3.79. The van der Waals surface area contributed by atoms with Crippen LogP contribution >= 0.6 is 0 Å². The molecule has 0 bridgehead atoms. The monoisotopic (exact) mass is 337 g/mol. The maximum absolute atomic E-state index is 14.0. The first kappa shape index (κ1) is 15.0. The Labute approximate surface area is 140 Å². The molecule has 0 unspecified atom stereocenters. The molecule has 3 heterocycles. The number of nitrogens with one attached hydrogen (secondary N) is 2. The molecule has 0 fully saturated rings. The normalized spacial score (nSPS) is 11.0. The Morgan fingerprint density at radius 1 is 1.28 bits per heavy atom. The fourth-order valence-electron chi connectivity index (χ4n) is 2.54. The molecule has 8 heteroatoms. The van der Waals surface area contributed by atoms with Crippen molar-refractivity contribution in [2.24, 2.45) is 0 Å². The predicted molar refractivity (Wildman–Crippen MR) is 88.5 cm³/mol. The molecule has 4 aromatic rings. The second-order valence-electron chi connectivity index (χ2n) is 5.44. The molecule has 0 saturated heterocycles. The molecule has 0 radical (unpaired) electrons. The zero-order valence-electron chi connectivity index (χ0n) is 13.1. The zero-order chi connectivity index (χ0) is 17.4. The SMILES string of the molecule is Cc1noc2ncc(NC(=O)c3cn[nH]c3-c3ccccc3F)cc12. The van der Waals surface area contributed by atoms with Gasteiger partial charge in [0.2, 0.25) is 0 Å². The molecule has 3 aromatic heterocycles. The van der Waals surface area contributed by atoms with Crippen molar-refractivity contribution in [1.82, 2.24) is 20.3 Å². The van der Waals surface area contributed by atoms with Gasteiger partial charge in [0.1, 0.15) is 5.82 Å². The van der Waals surface area contributed by atoms with Crippen LogP contribution in [0.5, 0.6) is 0 Å². The predicted octanol–water partition coefficient (Wildman–Crippen LogP) is 3.31. The number of anilines is 1. The summed E-state index contributed by atoms with van der Waals surface area (Å²) in [6, 6.07) is 7.89. The van der Waals surface area contributed by atoms with E-state index in [-0.39, 0.29) is 11.1 Å². The standard InChI is InChI=1S/C17H12FN5O2/c1-9-12-6-10(7-19-17(12)25-23-9)21-16(24)13-8-20-22-15(13)11-4-2-3-5-14(11)18/h2-8H,1H3,(H,20,22)(H,21,24). The molecular formula is C17H12FN5O2. The second-order valence-corrected chi connectivity index (χ2v) is 5.44. The lowest BCUT2D eigenvalue weighted by Gasteiger charge is -2.06. The van der Waals surface area contributed by atoms with Gasteiger partial charge in [0.25, 0.3) is 11.6 Å². The molecule has 1 aromatic carbocycles. The Bertz CT molecular complexity index is 1090. The van der Waals surface area contributed by atoms with E-state index in [1.165, 1.54) is 18.5 Å². The molecule has 0 aliphatic carbocycles. The van der Waals surface area contributed by atoms with E-state index in [0.29, 0.717) is 28.2 Å². The van der Waals surface area contributed by atoms with Gasteiger partial charge in [0.15, 0.2) is 0 Å². The summed E-state index contributed by atoms with van der Waals surface area (Å²) >= 11 is 0. The topological polar surface area (TPSA) is 96.7 Å². The molecule has 0 aliphatic rings. The van der Waals surface area contributed by atoms with Crippen molar-refractivity contribution < 1.29 is 13.7 Å². The van der Waals surface area contributed by atoms with Crippen LogP contribution in [0.15, 0.2) is 47.2 Å². The van der Waals surface area contributed by atoms with Gasteiger partial charge >= 0.3 is 0 Å². The summed E-state index contributed by atoms with van der Waals surface area (Å²) in [7, 11) is 0. The zero-order valence-corrected chi connectivity index (χ0v) is 13.1. The number of amides is 1. The highest BCUT2D eigenvalue weighted by atomic mass is 19.1. The maximum atomic E-state index is 14.0. The quantitative estimate of drug-likeness (QED) is 0.598. The van der Waals surface area contributed by atoms with Crippen LogP contribution in [0.1, 0.15) is 16.1 Å². The van der Waals surface area contributed by atoms with E-state index in [1.54, 1.807) is 31.2 Å². The number of H-pyrrole nitrogens is 1. The van der Waals surface area contributed by atoms with Crippen LogP contribution in [0, 0.1) is 12.7 Å². The molecule has 0 atom stereocenters. The molecule has 2 N–H and O–H groups in total. The van der Waals surface area contributed by atoms with Gasteiger partial charge in [0.05, 0.1) is 40.4 Å². The number of hydrogen-bond acceptors (Lipinski definition) is 5. The Kier molecular flexibility index (Phi) is 3.50. The summed E-state index contributed by atoms with van der Waals surface area (Å²) < 4.78 is 19.0. The van der Waals surface area contributed by atoms with E-state index in [1.807, 2.05) is 0 Å². The van der Waals surface area contributed by atoms with Gasteiger partial charge in [-0.25, -0.2) is 9.37 Å². The van der Waals surface area contributed by atoms with Crippen LogP contribution in [0.4, 0.5) is 10.1 Å². The van der Waals surface area contributed by atoms with Gasteiger partial charge in [0, 0.05) is 5.56 Å². The van der Waals surface area contributed by atoms with Crippen LogP contribution in [0.2, 0.25) is 0 Å². The number of hydrogen-bond donors (Lipinski definition) is 2. The molecule has 0 saturated carbocycles. The van der Waals surface area contributed by atoms with Crippen molar-refractivity contribution in [3.63, 3.8) is 0 Å². The minimum Gasteiger partial charge on any atom is -0.336 e. The van der Waals surface area contributed by atoms with Gasteiger partial charge < -0.3 is 9.84 Å². The molecule has 4 rings (SSSR count). The van der Waals surface area contributed by atoms with Crippen molar-refractivity contribution in [3.8, 4) is 11.3 Å². The van der Waals surface area contributed by atoms with Crippen LogP contribution < -0.4 is 5.32 Å². The number of halogens is 1. The summed E-state index contributed by atoms with van der Waals surface area (Å²) in [6.45, 7) is 1.78. The van der Waals surface area contributed by atoms with E-state index >= 15 is 0 Å². The highest BCUT2D eigenvalue weighted by Crippen LogP contribution is 2.25. The highest BCUT2D eigenvalue weighted by Gasteiger charge is 2.18. The number of pyridine rings is 1. The van der Waals surface area contributed by atoms with Crippen LogP contribution in [0.25, 0.3) is 22.4 Å². The lowest BCUT2D eigenvalue weighted by Crippen LogP contribution is -2.12. The van der Waals surface area contributed by atoms with Gasteiger partial charge in [-0.05, 0) is 25.1 Å². The van der Waals surface area contributed by atoms with Gasteiger partial charge in [-0.2, -0.15) is 5.10 Å². The Morgan fingerprint density at radius 3 is 2.96 bits per heavy atom. The summed E-state index contributed by atoms with van der Waals surface area (Å²) in [5.74, 6) is -0.869. The van der Waals surface area contributed by atoms with Crippen molar-refractivity contribution in [2.75, 3.05) is 5.32 Å². The second kappa shape index (κ2) is 5.82. The number of carbonyl (C=O) groups is 1. The molecule has 0 aliphatic heterocycles. The minimum atomic E-state index is -0.441. The Morgan fingerprint density at radius 2 is 2.12 bits per heavy atom. The Balaban J connectivity index is 1.67. The van der Waals surface area contributed by atoms with E-state index in [9.17, 15) is 9.18 Å². The summed E-state index contributed by atoms with van der Waals surface area (Å²) in [5, 5.41) is 13.8. The third kappa shape index (κ3) is 2.63. The summed E-state index contributed by atoms with van der Waals surface area (Å²) in [4.78, 5) is 16.7. The average Bonchev–Trinajstić information content (AvgIpc) is 3.23. The van der Waals surface area contributed by atoms with Crippen LogP contribution in [0.3, 0.4) is 0 Å². The maximum Gasteiger partial charge on any atom is 0.259 e. The number of benzene rings is 1. The van der Waals surface area contributed by atoms with Gasteiger partial charge in [-0.1, -0.05) is 17.3 Å². The fourth-order valence-corrected chi connectivity index (χ4v) is 2.54. The number of nitrogens with zero attached hydrogens (tertiary/aromatic N) is 3. The molecule has 0 spiro atoms. The molecule has 1 amide bonds. The highest BCUT2D eigenvalue weighted by molar-refractivity contribution is 6.08. The number of aromatic nitrogens is 4. The van der Waals surface area contributed by atoms with Crippen molar-refractivity contribution in [2.45, 2.75) is 6.92 Å². The van der Waals surface area contributed by atoms with E-state index in [2.05, 4.69) is 25.7 Å². The van der Waals surface area contributed by atoms with Crippen molar-refractivity contribution >= 4 is 22.7 Å². The first-order chi connectivity index (χ1) is 12.1. The van der Waals surface area contributed by atoms with Gasteiger partial charge in [-0.15, -0.1) is 0 Å².